The molecule has 0 spiro atoms. The van der Waals surface area contributed by atoms with E-state index in [2.05, 4.69) is 9.96 Å². The van der Waals surface area contributed by atoms with Gasteiger partial charge in [-0.15, -0.1) is 9.96 Å². The molecule has 0 aromatic heterocycles. The highest BCUT2D eigenvalue weighted by atomic mass is 32.2. The molecule has 0 bridgehead atoms. The zero-order valence-corrected chi connectivity index (χ0v) is 17.2. The minimum atomic E-state index is -3.17. The van der Waals surface area contributed by atoms with Crippen LogP contribution in [-0.2, 0) is 37.6 Å². The van der Waals surface area contributed by atoms with Crippen LogP contribution in [0.2, 0.25) is 0 Å². The van der Waals surface area contributed by atoms with Crippen molar-refractivity contribution in [3.63, 3.8) is 0 Å². The number of carbonyl (C=O) groups is 2. The van der Waals surface area contributed by atoms with E-state index >= 15 is 0 Å². The molecule has 0 amide bonds. The Morgan fingerprint density at radius 1 is 0.920 bits per heavy atom. The van der Waals surface area contributed by atoms with Gasteiger partial charge in [0, 0.05) is 12.5 Å². The van der Waals surface area contributed by atoms with Gasteiger partial charge in [0.15, 0.2) is 0 Å². The number of hydrogen-bond donors (Lipinski definition) is 0. The third kappa shape index (κ3) is 9.15. The maximum Gasteiger partial charge on any atom is 0.366 e. The smallest absolute Gasteiger partial charge is 0.366 e. The number of nitrogens with zero attached hydrogens (tertiary/aromatic N) is 2. The molecule has 0 aromatic rings. The summed E-state index contributed by atoms with van der Waals surface area (Å²) in [6.45, 7) is 7.15. The van der Waals surface area contributed by atoms with Crippen LogP contribution in [0.3, 0.4) is 0 Å². The second-order valence-electron chi connectivity index (χ2n) is 4.79. The van der Waals surface area contributed by atoms with Crippen molar-refractivity contribution in [3.05, 3.63) is 0 Å². The molecule has 0 unspecified atom stereocenters. The molecule has 0 fully saturated rings. The highest BCUT2D eigenvalue weighted by molar-refractivity contribution is 8.09. The van der Waals surface area contributed by atoms with Gasteiger partial charge in [-0.05, 0) is 37.2 Å². The molecule has 0 saturated heterocycles. The Kier molecular flexibility index (Phi) is 10.8. The average molecular weight is 398 g/mol. The van der Waals surface area contributed by atoms with E-state index in [1.807, 2.05) is 0 Å². The second kappa shape index (κ2) is 11.4. The monoisotopic (exact) mass is 398 g/mol. The van der Waals surface area contributed by atoms with E-state index < -0.39 is 34.7 Å². The fraction of sp³-hybridized carbons (Fsp3) is 0.714. The molecule has 0 atom stereocenters. The summed E-state index contributed by atoms with van der Waals surface area (Å²) < 4.78 is 32.9. The number of ether oxygens (including phenoxy) is 2. The van der Waals surface area contributed by atoms with E-state index in [0.717, 1.165) is 0 Å². The first kappa shape index (κ1) is 23.8. The van der Waals surface area contributed by atoms with Crippen LogP contribution in [0, 0.1) is 0 Å². The van der Waals surface area contributed by atoms with Gasteiger partial charge in [0.1, 0.15) is 0 Å². The second-order valence-corrected chi connectivity index (χ2v) is 10.1. The standard InChI is InChI=1S/C14H27N2O7PS/c1-7-20-13(17)12(14(18)21-8-2)15-16-24(22-9-3,23-10-4)11-25(5,6)19/h11H,7-10H2,1-6H3. The van der Waals surface area contributed by atoms with Gasteiger partial charge in [0.25, 0.3) is 13.2 Å². The normalized spacial score (nSPS) is 11.4. The molecule has 0 N–H and O–H groups in total. The van der Waals surface area contributed by atoms with Gasteiger partial charge in [0.2, 0.25) is 0 Å². The molecule has 0 aromatic carbocycles. The molecule has 25 heavy (non-hydrogen) atoms. The maximum absolute atomic E-state index is 12.2. The Morgan fingerprint density at radius 2 is 1.36 bits per heavy atom. The predicted octanol–water partition coefficient (Wildman–Crippen LogP) is 1.88. The van der Waals surface area contributed by atoms with Crippen LogP contribution in [0.4, 0.5) is 0 Å². The molecule has 11 heteroatoms. The van der Waals surface area contributed by atoms with Gasteiger partial charge in [-0.25, -0.2) is 9.59 Å². The van der Waals surface area contributed by atoms with Crippen molar-refractivity contribution >= 4 is 39.8 Å². The number of hydrogen-bond acceptors (Lipinski definition) is 8. The number of esters is 2. The van der Waals surface area contributed by atoms with Crippen molar-refractivity contribution in [1.29, 1.82) is 0 Å². The van der Waals surface area contributed by atoms with Crippen LogP contribution in [0.5, 0.6) is 0 Å². The molecule has 0 aliphatic heterocycles. The van der Waals surface area contributed by atoms with Gasteiger partial charge in [0.05, 0.1) is 31.5 Å². The predicted molar refractivity (Wildman–Crippen MR) is 99.4 cm³/mol. The molecule has 0 radical (unpaired) electrons. The SMILES string of the molecule is CCOC(=O)C(=NN=P(C=S(C)(C)=O)(OCC)OCC)C(=O)OCC. The van der Waals surface area contributed by atoms with Crippen LogP contribution >= 0.6 is 7.51 Å². The third-order valence-corrected chi connectivity index (χ3v) is 6.91. The maximum atomic E-state index is 12.2. The molecule has 0 rings (SSSR count). The highest BCUT2D eigenvalue weighted by Gasteiger charge is 2.26. The molecule has 0 saturated carbocycles. The van der Waals surface area contributed by atoms with E-state index in [0.29, 0.717) is 0 Å². The van der Waals surface area contributed by atoms with E-state index in [1.165, 1.54) is 17.6 Å². The van der Waals surface area contributed by atoms with Crippen molar-refractivity contribution in [2.45, 2.75) is 27.7 Å². The lowest BCUT2D eigenvalue weighted by Crippen LogP contribution is -2.28. The molecule has 9 nitrogen and oxygen atoms in total. The fourth-order valence-electron chi connectivity index (χ4n) is 1.53. The van der Waals surface area contributed by atoms with Crippen LogP contribution < -0.4 is 0 Å². The Morgan fingerprint density at radius 3 is 1.68 bits per heavy atom. The van der Waals surface area contributed by atoms with Crippen molar-refractivity contribution in [2.75, 3.05) is 38.9 Å². The van der Waals surface area contributed by atoms with Gasteiger partial charge >= 0.3 is 11.9 Å². The van der Waals surface area contributed by atoms with E-state index in [-0.39, 0.29) is 26.4 Å². The molecule has 0 aliphatic carbocycles. The lowest BCUT2D eigenvalue weighted by molar-refractivity contribution is -0.140. The summed E-state index contributed by atoms with van der Waals surface area (Å²) in [6, 6.07) is 0. The Hall–Kier alpha value is -1.22. The average Bonchev–Trinajstić information content (AvgIpc) is 2.46. The first-order valence-electron chi connectivity index (χ1n) is 7.77. The Labute approximate surface area is 149 Å². The number of carbonyl (C=O) groups excluding carboxylic acids is 2. The van der Waals surface area contributed by atoms with Gasteiger partial charge < -0.3 is 18.5 Å². The van der Waals surface area contributed by atoms with E-state index in [1.54, 1.807) is 27.7 Å². The molecular weight excluding hydrogens is 371 g/mol. The zero-order chi connectivity index (χ0) is 19.5. The van der Waals surface area contributed by atoms with Gasteiger partial charge in [-0.1, -0.05) is 0 Å². The van der Waals surface area contributed by atoms with E-state index in [4.69, 9.17) is 18.5 Å². The topological polar surface area (TPSA) is 113 Å². The zero-order valence-electron chi connectivity index (χ0n) is 15.5. The summed E-state index contributed by atoms with van der Waals surface area (Å²) in [5.74, 6) is -1.94. The minimum Gasteiger partial charge on any atom is -0.461 e. The first-order valence-corrected chi connectivity index (χ1v) is 11.8. The van der Waals surface area contributed by atoms with Gasteiger partial charge in [-0.3, -0.25) is 4.21 Å². The minimum absolute atomic E-state index is 0.0539. The lowest BCUT2D eigenvalue weighted by Gasteiger charge is -2.19. The van der Waals surface area contributed by atoms with Crippen LogP contribution in [0.25, 0.3) is 0 Å². The fourth-order valence-corrected chi connectivity index (χ4v) is 5.89. The summed E-state index contributed by atoms with van der Waals surface area (Å²) >= 11 is 0. The first-order chi connectivity index (χ1) is 11.6. The van der Waals surface area contributed by atoms with Crippen molar-refractivity contribution in [3.8, 4) is 0 Å². The molecular formula is C14H27N2O7PS. The summed E-state index contributed by atoms with van der Waals surface area (Å²) in [6.07, 6.45) is 2.99. The molecule has 146 valence electrons. The van der Waals surface area contributed by atoms with Crippen molar-refractivity contribution in [1.82, 2.24) is 0 Å². The molecule has 0 heterocycles. The third-order valence-electron chi connectivity index (χ3n) is 2.22. The van der Waals surface area contributed by atoms with Crippen molar-refractivity contribution in [2.24, 2.45) is 9.96 Å². The number of rotatable bonds is 10. The summed E-state index contributed by atoms with van der Waals surface area (Å²) in [5, 5.41) is 5.04. The molecule has 0 aliphatic rings. The van der Waals surface area contributed by atoms with Crippen LogP contribution in [-0.4, -0.2) is 65.9 Å². The summed E-state index contributed by atoms with van der Waals surface area (Å²) in [5.41, 5.74) is -0.625. The highest BCUT2D eigenvalue weighted by Crippen LogP contribution is 2.50. The Bertz CT molecular complexity index is 628. The van der Waals surface area contributed by atoms with Gasteiger partial charge in [-0.2, -0.15) is 0 Å². The van der Waals surface area contributed by atoms with Crippen molar-refractivity contribution < 1.29 is 32.3 Å². The van der Waals surface area contributed by atoms with Crippen LogP contribution in [0.1, 0.15) is 27.7 Å². The largest absolute Gasteiger partial charge is 0.461 e. The summed E-state index contributed by atoms with van der Waals surface area (Å²) in [4.78, 5) is 27.8. The quantitative estimate of drug-likeness (QED) is 0.138. The lowest BCUT2D eigenvalue weighted by atomic mass is 10.4. The Balaban J connectivity index is 6.29. The summed E-state index contributed by atoms with van der Waals surface area (Å²) in [7, 11) is -5.57. The van der Waals surface area contributed by atoms with Crippen LogP contribution in [0.15, 0.2) is 9.96 Å². The van der Waals surface area contributed by atoms with E-state index in [9.17, 15) is 13.8 Å².